The van der Waals surface area contributed by atoms with Crippen LogP contribution in [0.5, 0.6) is 11.5 Å². The first-order valence-corrected chi connectivity index (χ1v) is 11.8. The monoisotopic (exact) mass is 470 g/mol. The van der Waals surface area contributed by atoms with Gasteiger partial charge in [0.15, 0.2) is 18.1 Å². The Hall–Kier alpha value is -3.40. The molecule has 33 heavy (non-hydrogen) atoms. The minimum Gasteiger partial charge on any atom is -0.490 e. The molecule has 0 radical (unpaired) electrons. The minimum absolute atomic E-state index is 0.0647. The largest absolute Gasteiger partial charge is 0.490 e. The number of thiophene rings is 1. The van der Waals surface area contributed by atoms with Gasteiger partial charge in [-0.2, -0.15) is 0 Å². The first-order chi connectivity index (χ1) is 16.0. The summed E-state index contributed by atoms with van der Waals surface area (Å²) < 4.78 is 12.5. The van der Waals surface area contributed by atoms with Gasteiger partial charge in [0.25, 0.3) is 17.4 Å². The summed E-state index contributed by atoms with van der Waals surface area (Å²) in [4.78, 5) is 44.8. The lowest BCUT2D eigenvalue weighted by atomic mass is 10.1. The third-order valence-electron chi connectivity index (χ3n) is 5.44. The Morgan fingerprint density at radius 1 is 1.12 bits per heavy atom. The molecule has 3 aromatic rings. The molecule has 1 N–H and O–H groups in total. The molecule has 2 amide bonds. The first-order valence-electron chi connectivity index (χ1n) is 10.9. The third kappa shape index (κ3) is 5.00. The first kappa shape index (κ1) is 22.8. The third-order valence-corrected chi connectivity index (χ3v) is 6.25. The van der Waals surface area contributed by atoms with Crippen LogP contribution in [-0.4, -0.2) is 52.7 Å². The number of aryl methyl sites for hydroxylation is 1. The van der Waals surface area contributed by atoms with Gasteiger partial charge in [-0.05, 0) is 62.8 Å². The maximum atomic E-state index is 12.9. The van der Waals surface area contributed by atoms with Crippen LogP contribution < -0.4 is 20.5 Å². The molecular formula is C23H26N4O5S. The van der Waals surface area contributed by atoms with E-state index >= 15 is 0 Å². The van der Waals surface area contributed by atoms with Gasteiger partial charge in [-0.25, -0.2) is 9.66 Å². The summed E-state index contributed by atoms with van der Waals surface area (Å²) in [5, 5.41) is 2.23. The molecule has 0 spiro atoms. The lowest BCUT2D eigenvalue weighted by Gasteiger charge is -2.26. The van der Waals surface area contributed by atoms with Crippen LogP contribution in [0.3, 0.4) is 0 Å². The van der Waals surface area contributed by atoms with E-state index in [2.05, 4.69) is 10.4 Å². The van der Waals surface area contributed by atoms with Gasteiger partial charge in [0, 0.05) is 18.7 Å². The number of benzene rings is 1. The smallest absolute Gasteiger partial charge is 0.281 e. The molecule has 0 bridgehead atoms. The Labute approximate surface area is 194 Å². The fourth-order valence-electron chi connectivity index (χ4n) is 3.72. The Kier molecular flexibility index (Phi) is 6.93. The minimum atomic E-state index is -0.492. The zero-order chi connectivity index (χ0) is 23.4. The Morgan fingerprint density at radius 2 is 1.91 bits per heavy atom. The molecule has 4 rings (SSSR count). The molecule has 2 aromatic heterocycles. The van der Waals surface area contributed by atoms with E-state index in [0.29, 0.717) is 34.1 Å². The molecule has 0 aliphatic carbocycles. The topological polar surface area (TPSA) is 103 Å². The molecule has 10 heteroatoms. The van der Waals surface area contributed by atoms with E-state index in [-0.39, 0.29) is 23.6 Å². The Morgan fingerprint density at radius 3 is 2.67 bits per heavy atom. The maximum Gasteiger partial charge on any atom is 0.281 e. The number of piperidine rings is 1. The van der Waals surface area contributed by atoms with Crippen LogP contribution in [-0.2, 0) is 4.79 Å². The number of hydrogen-bond acceptors (Lipinski definition) is 7. The standard InChI is InChI=1S/C23H26N4O5S/c1-3-31-19-13-16(7-8-18(19)32-14-20(28)26-10-5-4-6-11-26)21(29)25-27-15(2)24-22-17(23(27)30)9-12-33-22/h7-9,12-13H,3-6,10-11,14H2,1-2H3,(H,25,29). The molecule has 1 saturated heterocycles. The number of nitrogens with zero attached hydrogens (tertiary/aromatic N) is 3. The van der Waals surface area contributed by atoms with Gasteiger partial charge in [-0.15, -0.1) is 11.3 Å². The van der Waals surface area contributed by atoms with Crippen LogP contribution >= 0.6 is 11.3 Å². The Bertz CT molecular complexity index is 1230. The highest BCUT2D eigenvalue weighted by molar-refractivity contribution is 7.16. The summed E-state index contributed by atoms with van der Waals surface area (Å²) >= 11 is 1.37. The van der Waals surface area contributed by atoms with Crippen molar-refractivity contribution in [2.24, 2.45) is 0 Å². The van der Waals surface area contributed by atoms with Crippen molar-refractivity contribution < 1.29 is 19.1 Å². The number of likely N-dealkylation sites (tertiary alicyclic amines) is 1. The molecule has 1 aliphatic heterocycles. The highest BCUT2D eigenvalue weighted by Crippen LogP contribution is 2.29. The van der Waals surface area contributed by atoms with E-state index in [4.69, 9.17) is 9.47 Å². The Balaban J connectivity index is 1.50. The van der Waals surface area contributed by atoms with E-state index in [1.807, 2.05) is 11.8 Å². The second kappa shape index (κ2) is 10.0. The van der Waals surface area contributed by atoms with Gasteiger partial charge in [-0.1, -0.05) is 0 Å². The number of hydrogen-bond donors (Lipinski definition) is 1. The quantitative estimate of drug-likeness (QED) is 0.570. The summed E-state index contributed by atoms with van der Waals surface area (Å²) in [7, 11) is 0. The van der Waals surface area contributed by atoms with Crippen molar-refractivity contribution >= 4 is 33.4 Å². The van der Waals surface area contributed by atoms with Crippen LogP contribution in [0, 0.1) is 6.92 Å². The molecule has 3 heterocycles. The molecule has 1 aliphatic rings. The van der Waals surface area contributed by atoms with Crippen LogP contribution in [0.4, 0.5) is 0 Å². The number of carbonyl (C=O) groups is 2. The number of amides is 2. The van der Waals surface area contributed by atoms with Gasteiger partial charge in [0.05, 0.1) is 12.0 Å². The molecule has 0 atom stereocenters. The van der Waals surface area contributed by atoms with Crippen LogP contribution in [0.25, 0.3) is 10.2 Å². The maximum absolute atomic E-state index is 12.9. The predicted molar refractivity (Wildman–Crippen MR) is 126 cm³/mol. The van der Waals surface area contributed by atoms with Gasteiger partial charge < -0.3 is 14.4 Å². The fraction of sp³-hybridized carbons (Fsp3) is 0.391. The summed E-state index contributed by atoms with van der Waals surface area (Å²) in [5.74, 6) is 0.559. The SMILES string of the molecule is CCOc1cc(C(=O)Nn2c(C)nc3sccc3c2=O)ccc1OCC(=O)N1CCCCC1. The van der Waals surface area contributed by atoms with Crippen LogP contribution in [0.1, 0.15) is 42.4 Å². The summed E-state index contributed by atoms with van der Waals surface area (Å²) in [6.07, 6.45) is 3.17. The number of rotatable bonds is 7. The van der Waals surface area contributed by atoms with E-state index in [1.165, 1.54) is 17.4 Å². The van der Waals surface area contributed by atoms with Gasteiger partial charge in [-0.3, -0.25) is 19.8 Å². The number of nitrogens with one attached hydrogen (secondary N) is 1. The number of carbonyl (C=O) groups excluding carboxylic acids is 2. The van der Waals surface area contributed by atoms with Crippen molar-refractivity contribution in [3.63, 3.8) is 0 Å². The van der Waals surface area contributed by atoms with Crippen molar-refractivity contribution in [2.75, 3.05) is 31.7 Å². The van der Waals surface area contributed by atoms with Crippen molar-refractivity contribution in [1.82, 2.24) is 14.6 Å². The normalized spacial score (nSPS) is 13.7. The number of fused-ring (bicyclic) bond motifs is 1. The molecule has 0 unspecified atom stereocenters. The van der Waals surface area contributed by atoms with Crippen molar-refractivity contribution in [3.8, 4) is 11.5 Å². The van der Waals surface area contributed by atoms with Crippen molar-refractivity contribution in [1.29, 1.82) is 0 Å². The van der Waals surface area contributed by atoms with Gasteiger partial charge in [0.1, 0.15) is 10.7 Å². The van der Waals surface area contributed by atoms with Gasteiger partial charge in [0.2, 0.25) is 0 Å². The average molecular weight is 471 g/mol. The molecule has 174 valence electrons. The lowest BCUT2D eigenvalue weighted by molar-refractivity contribution is -0.134. The summed E-state index contributed by atoms with van der Waals surface area (Å²) in [6, 6.07) is 6.38. The number of aromatic nitrogens is 2. The average Bonchev–Trinajstić information content (AvgIpc) is 3.30. The van der Waals surface area contributed by atoms with E-state index < -0.39 is 5.91 Å². The summed E-state index contributed by atoms with van der Waals surface area (Å²) in [6.45, 7) is 5.25. The molecule has 0 saturated carbocycles. The second-order valence-corrected chi connectivity index (χ2v) is 8.60. The van der Waals surface area contributed by atoms with E-state index in [1.54, 1.807) is 30.5 Å². The highest BCUT2D eigenvalue weighted by Gasteiger charge is 2.19. The summed E-state index contributed by atoms with van der Waals surface area (Å²) in [5.41, 5.74) is 2.55. The predicted octanol–water partition coefficient (Wildman–Crippen LogP) is 2.94. The number of ether oxygens (including phenoxy) is 2. The van der Waals surface area contributed by atoms with Crippen molar-refractivity contribution in [3.05, 3.63) is 51.4 Å². The van der Waals surface area contributed by atoms with Crippen LogP contribution in [0.2, 0.25) is 0 Å². The van der Waals surface area contributed by atoms with Gasteiger partial charge >= 0.3 is 0 Å². The molecule has 1 fully saturated rings. The zero-order valence-electron chi connectivity index (χ0n) is 18.6. The fourth-order valence-corrected chi connectivity index (χ4v) is 4.52. The van der Waals surface area contributed by atoms with E-state index in [0.717, 1.165) is 37.0 Å². The molecule has 1 aromatic carbocycles. The highest BCUT2D eigenvalue weighted by atomic mass is 32.1. The van der Waals surface area contributed by atoms with Crippen molar-refractivity contribution in [2.45, 2.75) is 33.1 Å². The lowest BCUT2D eigenvalue weighted by Crippen LogP contribution is -2.38. The molecular weight excluding hydrogens is 444 g/mol. The molecule has 9 nitrogen and oxygen atoms in total. The second-order valence-electron chi connectivity index (χ2n) is 7.70. The zero-order valence-corrected chi connectivity index (χ0v) is 19.4. The van der Waals surface area contributed by atoms with E-state index in [9.17, 15) is 14.4 Å². The van der Waals surface area contributed by atoms with Crippen LogP contribution in [0.15, 0.2) is 34.4 Å².